The molecule has 0 amide bonds. The van der Waals surface area contributed by atoms with Gasteiger partial charge in [0.15, 0.2) is 0 Å². The van der Waals surface area contributed by atoms with E-state index in [4.69, 9.17) is 9.84 Å². The minimum Gasteiger partial charge on any atom is -0.492 e. The maximum absolute atomic E-state index is 10.5. The Morgan fingerprint density at radius 2 is 1.64 bits per heavy atom. The summed E-state index contributed by atoms with van der Waals surface area (Å²) >= 11 is 0. The Kier molecular flexibility index (Phi) is 7.73. The Balaban J connectivity index is 1.31. The first-order valence-corrected chi connectivity index (χ1v) is 10.2. The summed E-state index contributed by atoms with van der Waals surface area (Å²) in [5.74, 6) is 0.183. The minimum absolute atomic E-state index is 0.251. The Morgan fingerprint density at radius 3 is 2.32 bits per heavy atom. The van der Waals surface area contributed by atoms with Crippen molar-refractivity contribution in [1.82, 2.24) is 4.90 Å². The van der Waals surface area contributed by atoms with Crippen LogP contribution in [-0.2, 0) is 11.2 Å². The van der Waals surface area contributed by atoms with Crippen molar-refractivity contribution in [3.05, 3.63) is 60.2 Å². The van der Waals surface area contributed by atoms with Crippen LogP contribution in [0.25, 0.3) is 0 Å². The van der Waals surface area contributed by atoms with Gasteiger partial charge in [0.25, 0.3) is 0 Å². The van der Waals surface area contributed by atoms with Gasteiger partial charge in [-0.1, -0.05) is 30.3 Å². The molecule has 5 nitrogen and oxygen atoms in total. The fourth-order valence-corrected chi connectivity index (χ4v) is 3.52. The molecule has 5 heteroatoms. The number of ether oxygens (including phenoxy) is 1. The van der Waals surface area contributed by atoms with Gasteiger partial charge in [-0.15, -0.1) is 0 Å². The molecule has 0 radical (unpaired) electrons. The number of aliphatic carboxylic acids is 1. The molecule has 1 N–H and O–H groups in total. The first kappa shape index (κ1) is 20.2. The van der Waals surface area contributed by atoms with Crippen molar-refractivity contribution in [1.29, 1.82) is 0 Å². The molecule has 1 aliphatic heterocycles. The molecular formula is C23H30N2O3. The minimum atomic E-state index is -0.717. The zero-order valence-electron chi connectivity index (χ0n) is 16.4. The standard InChI is InChI=1S/C23H30N2O3/c26-23(27)9-5-4-6-20-10-12-22(13-11-20)28-19-18-24-14-16-25(17-15-24)21-7-2-1-3-8-21/h1-3,7-8,10-13H,4-6,9,14-19H2,(H,26,27). The second-order valence-corrected chi connectivity index (χ2v) is 7.26. The first-order chi connectivity index (χ1) is 13.7. The van der Waals surface area contributed by atoms with E-state index >= 15 is 0 Å². The molecule has 2 aromatic rings. The van der Waals surface area contributed by atoms with E-state index in [1.807, 2.05) is 12.1 Å². The highest BCUT2D eigenvalue weighted by molar-refractivity contribution is 5.66. The third-order valence-electron chi connectivity index (χ3n) is 5.20. The van der Waals surface area contributed by atoms with E-state index in [-0.39, 0.29) is 6.42 Å². The van der Waals surface area contributed by atoms with Crippen LogP contribution < -0.4 is 9.64 Å². The molecule has 150 valence electrons. The normalized spacial score (nSPS) is 14.8. The van der Waals surface area contributed by atoms with Crippen molar-refractivity contribution in [2.75, 3.05) is 44.2 Å². The number of para-hydroxylation sites is 1. The number of rotatable bonds is 10. The van der Waals surface area contributed by atoms with Gasteiger partial charge in [-0.3, -0.25) is 9.69 Å². The molecular weight excluding hydrogens is 352 g/mol. The summed E-state index contributed by atoms with van der Waals surface area (Å²) in [7, 11) is 0. The molecule has 1 aliphatic rings. The van der Waals surface area contributed by atoms with Crippen LogP contribution >= 0.6 is 0 Å². The van der Waals surface area contributed by atoms with Gasteiger partial charge in [0.05, 0.1) is 0 Å². The summed E-state index contributed by atoms with van der Waals surface area (Å²) < 4.78 is 5.90. The van der Waals surface area contributed by atoms with Gasteiger partial charge in [0, 0.05) is 44.8 Å². The van der Waals surface area contributed by atoms with Crippen LogP contribution in [0.2, 0.25) is 0 Å². The number of carboxylic acid groups (broad SMARTS) is 1. The second kappa shape index (κ2) is 10.7. The number of anilines is 1. The van der Waals surface area contributed by atoms with Crippen LogP contribution in [-0.4, -0.2) is 55.3 Å². The quantitative estimate of drug-likeness (QED) is 0.635. The molecule has 0 bridgehead atoms. The number of carboxylic acids is 1. The van der Waals surface area contributed by atoms with Gasteiger partial charge in [0.2, 0.25) is 0 Å². The third kappa shape index (κ3) is 6.57. The maximum Gasteiger partial charge on any atom is 0.303 e. The highest BCUT2D eigenvalue weighted by Gasteiger charge is 2.16. The van der Waals surface area contributed by atoms with E-state index in [0.717, 1.165) is 57.7 Å². The van der Waals surface area contributed by atoms with E-state index in [1.165, 1.54) is 11.3 Å². The zero-order valence-corrected chi connectivity index (χ0v) is 16.4. The van der Waals surface area contributed by atoms with Gasteiger partial charge in [0.1, 0.15) is 12.4 Å². The van der Waals surface area contributed by atoms with Crippen molar-refractivity contribution >= 4 is 11.7 Å². The lowest BCUT2D eigenvalue weighted by Crippen LogP contribution is -2.47. The molecule has 28 heavy (non-hydrogen) atoms. The predicted molar refractivity (Wildman–Crippen MR) is 112 cm³/mol. The van der Waals surface area contributed by atoms with E-state index in [1.54, 1.807) is 0 Å². The largest absolute Gasteiger partial charge is 0.492 e. The van der Waals surface area contributed by atoms with Crippen LogP contribution in [0.1, 0.15) is 24.8 Å². The van der Waals surface area contributed by atoms with Gasteiger partial charge in [-0.2, -0.15) is 0 Å². The molecule has 1 fully saturated rings. The summed E-state index contributed by atoms with van der Waals surface area (Å²) in [4.78, 5) is 15.4. The molecule has 1 saturated heterocycles. The lowest BCUT2D eigenvalue weighted by atomic mass is 10.1. The highest BCUT2D eigenvalue weighted by atomic mass is 16.5. The van der Waals surface area contributed by atoms with Crippen molar-refractivity contribution in [2.45, 2.75) is 25.7 Å². The number of benzene rings is 2. The second-order valence-electron chi connectivity index (χ2n) is 7.26. The number of aryl methyl sites for hydroxylation is 1. The average Bonchev–Trinajstić information content (AvgIpc) is 2.73. The monoisotopic (exact) mass is 382 g/mol. The highest BCUT2D eigenvalue weighted by Crippen LogP contribution is 2.16. The van der Waals surface area contributed by atoms with Crippen LogP contribution in [0.15, 0.2) is 54.6 Å². The topological polar surface area (TPSA) is 53.0 Å². The first-order valence-electron chi connectivity index (χ1n) is 10.2. The zero-order chi connectivity index (χ0) is 19.6. The van der Waals surface area contributed by atoms with Crippen LogP contribution in [0.3, 0.4) is 0 Å². The molecule has 3 rings (SSSR count). The number of nitrogens with zero attached hydrogens (tertiary/aromatic N) is 2. The van der Waals surface area contributed by atoms with Crippen molar-refractivity contribution in [3.8, 4) is 5.75 Å². The number of unbranched alkanes of at least 4 members (excludes halogenated alkanes) is 1. The van der Waals surface area contributed by atoms with Crippen LogP contribution in [0.4, 0.5) is 5.69 Å². The Hall–Kier alpha value is -2.53. The number of hydrogen-bond acceptors (Lipinski definition) is 4. The molecule has 2 aromatic carbocycles. The van der Waals surface area contributed by atoms with Crippen molar-refractivity contribution in [3.63, 3.8) is 0 Å². The van der Waals surface area contributed by atoms with Crippen LogP contribution in [0, 0.1) is 0 Å². The summed E-state index contributed by atoms with van der Waals surface area (Å²) in [6.07, 6.45) is 2.80. The van der Waals surface area contributed by atoms with E-state index in [9.17, 15) is 4.79 Å². The summed E-state index contributed by atoms with van der Waals surface area (Å²) in [6.45, 7) is 5.88. The third-order valence-corrected chi connectivity index (χ3v) is 5.20. The molecule has 0 spiro atoms. The molecule has 0 saturated carbocycles. The number of hydrogen-bond donors (Lipinski definition) is 1. The fraction of sp³-hybridized carbons (Fsp3) is 0.435. The average molecular weight is 383 g/mol. The molecule has 0 unspecified atom stereocenters. The van der Waals surface area contributed by atoms with Crippen molar-refractivity contribution in [2.24, 2.45) is 0 Å². The van der Waals surface area contributed by atoms with Crippen LogP contribution in [0.5, 0.6) is 5.75 Å². The van der Waals surface area contributed by atoms with E-state index in [0.29, 0.717) is 6.61 Å². The lowest BCUT2D eigenvalue weighted by molar-refractivity contribution is -0.137. The fourth-order valence-electron chi connectivity index (χ4n) is 3.52. The number of piperazine rings is 1. The SMILES string of the molecule is O=C(O)CCCCc1ccc(OCCN2CCN(c3ccccc3)CC2)cc1. The summed E-state index contributed by atoms with van der Waals surface area (Å²) in [5.41, 5.74) is 2.54. The van der Waals surface area contributed by atoms with Gasteiger partial charge < -0.3 is 14.7 Å². The lowest BCUT2D eigenvalue weighted by Gasteiger charge is -2.36. The Bertz CT molecular complexity index is 710. The summed E-state index contributed by atoms with van der Waals surface area (Å²) in [5, 5.41) is 8.67. The van der Waals surface area contributed by atoms with Crippen molar-refractivity contribution < 1.29 is 14.6 Å². The van der Waals surface area contributed by atoms with E-state index < -0.39 is 5.97 Å². The van der Waals surface area contributed by atoms with Gasteiger partial charge in [-0.25, -0.2) is 0 Å². The van der Waals surface area contributed by atoms with Gasteiger partial charge >= 0.3 is 5.97 Å². The maximum atomic E-state index is 10.5. The molecule has 1 heterocycles. The Morgan fingerprint density at radius 1 is 0.929 bits per heavy atom. The molecule has 0 atom stereocenters. The van der Waals surface area contributed by atoms with Gasteiger partial charge in [-0.05, 0) is 49.1 Å². The molecule has 0 aromatic heterocycles. The predicted octanol–water partition coefficient (Wildman–Crippen LogP) is 3.69. The number of carbonyl (C=O) groups is 1. The van der Waals surface area contributed by atoms with E-state index in [2.05, 4.69) is 52.3 Å². The Labute approximate surface area is 167 Å². The summed E-state index contributed by atoms with van der Waals surface area (Å²) in [6, 6.07) is 18.8. The molecule has 0 aliphatic carbocycles. The smallest absolute Gasteiger partial charge is 0.303 e.